The van der Waals surface area contributed by atoms with Crippen molar-refractivity contribution in [2.24, 2.45) is 5.92 Å². The molecule has 0 fully saturated rings. The molecule has 3 aromatic carbocycles. The molecule has 3 atom stereocenters. The van der Waals surface area contributed by atoms with E-state index in [2.05, 4.69) is 72.1 Å². The topological polar surface area (TPSA) is 12.0 Å². The maximum Gasteiger partial charge on any atom is 0.0560 e. The number of rotatable bonds is 1. The van der Waals surface area contributed by atoms with Gasteiger partial charge < -0.3 is 5.32 Å². The number of hydrogen-bond acceptors (Lipinski definition) is 1. The summed E-state index contributed by atoms with van der Waals surface area (Å²) in [7, 11) is 0. The van der Waals surface area contributed by atoms with E-state index in [1.165, 1.54) is 27.6 Å². The summed E-state index contributed by atoms with van der Waals surface area (Å²) in [6.45, 7) is 0. The largest absolute Gasteiger partial charge is 0.378 e. The van der Waals surface area contributed by atoms with E-state index in [-0.39, 0.29) is 0 Å². The van der Waals surface area contributed by atoms with Crippen LogP contribution in [0.5, 0.6) is 0 Å². The lowest BCUT2D eigenvalue weighted by molar-refractivity contribution is 0.427. The van der Waals surface area contributed by atoms with Crippen molar-refractivity contribution in [2.75, 3.05) is 5.32 Å². The summed E-state index contributed by atoms with van der Waals surface area (Å²) in [5.41, 5.74) is 3.94. The van der Waals surface area contributed by atoms with Gasteiger partial charge in [-0.3, -0.25) is 0 Å². The molecule has 0 unspecified atom stereocenters. The number of hydrogen-bond donors (Lipinski definition) is 1. The average molecular weight is 332 g/mol. The minimum Gasteiger partial charge on any atom is -0.378 e. The molecular weight excluding hydrogens is 314 g/mol. The lowest BCUT2D eigenvalue weighted by atomic mass is 9.76. The first-order chi connectivity index (χ1) is 11.8. The van der Waals surface area contributed by atoms with Crippen LogP contribution in [0.15, 0.2) is 72.8 Å². The van der Waals surface area contributed by atoms with Gasteiger partial charge in [-0.25, -0.2) is 0 Å². The van der Waals surface area contributed by atoms with Crippen LogP contribution >= 0.6 is 11.6 Å². The Hall–Kier alpha value is -2.25. The third-order valence-electron chi connectivity index (χ3n) is 5.48. The first-order valence-electron chi connectivity index (χ1n) is 8.51. The van der Waals surface area contributed by atoms with Crippen molar-refractivity contribution in [3.05, 3.63) is 89.0 Å². The predicted molar refractivity (Wildman–Crippen MR) is 102 cm³/mol. The van der Waals surface area contributed by atoms with Gasteiger partial charge in [-0.2, -0.15) is 0 Å². The first kappa shape index (κ1) is 14.1. The van der Waals surface area contributed by atoms with Crippen molar-refractivity contribution in [3.8, 4) is 0 Å². The van der Waals surface area contributed by atoms with Crippen molar-refractivity contribution in [1.82, 2.24) is 0 Å². The van der Waals surface area contributed by atoms with Crippen LogP contribution in [0.2, 0.25) is 5.02 Å². The fourth-order valence-corrected chi connectivity index (χ4v) is 4.58. The lowest BCUT2D eigenvalue weighted by Gasteiger charge is -2.38. The molecule has 3 aromatic rings. The first-order valence-corrected chi connectivity index (χ1v) is 8.89. The summed E-state index contributed by atoms with van der Waals surface area (Å²) in [6.07, 6.45) is 5.79. The molecule has 0 radical (unpaired) electrons. The molecule has 5 rings (SSSR count). The van der Waals surface area contributed by atoms with E-state index >= 15 is 0 Å². The van der Waals surface area contributed by atoms with Gasteiger partial charge in [0.05, 0.1) is 6.04 Å². The quantitative estimate of drug-likeness (QED) is 0.514. The number of benzene rings is 3. The van der Waals surface area contributed by atoms with Gasteiger partial charge in [-0.1, -0.05) is 66.2 Å². The fourth-order valence-electron chi connectivity index (χ4n) is 4.39. The van der Waals surface area contributed by atoms with E-state index in [9.17, 15) is 0 Å². The van der Waals surface area contributed by atoms with Crippen molar-refractivity contribution in [2.45, 2.75) is 18.4 Å². The summed E-state index contributed by atoms with van der Waals surface area (Å²) in [4.78, 5) is 0. The van der Waals surface area contributed by atoms with Gasteiger partial charge in [-0.15, -0.1) is 0 Å². The van der Waals surface area contributed by atoms with Crippen LogP contribution in [0.4, 0.5) is 5.69 Å². The Kier molecular flexibility index (Phi) is 3.17. The summed E-state index contributed by atoms with van der Waals surface area (Å²) >= 11 is 6.25. The molecule has 2 aliphatic rings. The second kappa shape index (κ2) is 5.39. The van der Waals surface area contributed by atoms with Gasteiger partial charge in [0.1, 0.15) is 0 Å². The van der Waals surface area contributed by atoms with Gasteiger partial charge in [0.15, 0.2) is 0 Å². The van der Waals surface area contributed by atoms with Gasteiger partial charge in [-0.05, 0) is 52.4 Å². The second-order valence-corrected chi connectivity index (χ2v) is 7.21. The van der Waals surface area contributed by atoms with Crippen LogP contribution in [0.1, 0.15) is 29.5 Å². The number of nitrogens with one attached hydrogen (secondary N) is 1. The van der Waals surface area contributed by atoms with E-state index in [0.717, 1.165) is 11.4 Å². The Balaban J connectivity index is 1.68. The van der Waals surface area contributed by atoms with E-state index in [1.54, 1.807) is 0 Å². The molecule has 1 N–H and O–H groups in total. The van der Waals surface area contributed by atoms with Crippen molar-refractivity contribution >= 4 is 28.1 Å². The average Bonchev–Trinajstić information content (AvgIpc) is 3.11. The highest BCUT2D eigenvalue weighted by Crippen LogP contribution is 2.51. The summed E-state index contributed by atoms with van der Waals surface area (Å²) < 4.78 is 0. The number of fused-ring (bicyclic) bond motifs is 4. The highest BCUT2D eigenvalue weighted by atomic mass is 35.5. The van der Waals surface area contributed by atoms with Crippen molar-refractivity contribution in [1.29, 1.82) is 0 Å². The molecule has 1 nitrogen and oxygen atoms in total. The summed E-state index contributed by atoms with van der Waals surface area (Å²) in [5, 5.41) is 7.28. The number of allylic oxidation sites excluding steroid dienone is 2. The van der Waals surface area contributed by atoms with Gasteiger partial charge in [0.2, 0.25) is 0 Å². The number of halogens is 1. The zero-order chi connectivity index (χ0) is 16.1. The minimum absolute atomic E-state index is 0.324. The van der Waals surface area contributed by atoms with Crippen LogP contribution in [-0.4, -0.2) is 0 Å². The molecule has 1 aliphatic heterocycles. The fraction of sp³-hybridized carbons (Fsp3) is 0.182. The van der Waals surface area contributed by atoms with Gasteiger partial charge >= 0.3 is 0 Å². The zero-order valence-electron chi connectivity index (χ0n) is 13.2. The standard InChI is InChI=1S/C22H18ClN/c23-15-11-12-21-20(13-15)17-8-4-10-19(17)22(24-21)18-9-3-6-14-5-1-2-7-16(14)18/h1-9,11-13,17,19,22,24H,10H2/t17-,19-,22-/m0/s1. The maximum atomic E-state index is 6.25. The van der Waals surface area contributed by atoms with Crippen molar-refractivity contribution in [3.63, 3.8) is 0 Å². The smallest absolute Gasteiger partial charge is 0.0560 e. The predicted octanol–water partition coefficient (Wildman–Crippen LogP) is 6.32. The monoisotopic (exact) mass is 331 g/mol. The molecule has 0 saturated heterocycles. The third-order valence-corrected chi connectivity index (χ3v) is 5.72. The Morgan fingerprint density at radius 2 is 1.79 bits per heavy atom. The molecule has 0 amide bonds. The van der Waals surface area contributed by atoms with Crippen LogP contribution in [0.3, 0.4) is 0 Å². The SMILES string of the molecule is Clc1ccc2c(c1)[C@H]1C=CC[C@@H]1[C@H](c1cccc3ccccc13)N2. The molecule has 2 heteroatoms. The third kappa shape index (κ3) is 2.08. The Morgan fingerprint density at radius 1 is 0.917 bits per heavy atom. The molecule has 0 spiro atoms. The van der Waals surface area contributed by atoms with Crippen LogP contribution < -0.4 is 5.32 Å². The molecule has 0 bridgehead atoms. The van der Waals surface area contributed by atoms with Crippen LogP contribution in [0, 0.1) is 5.92 Å². The highest BCUT2D eigenvalue weighted by molar-refractivity contribution is 6.30. The zero-order valence-corrected chi connectivity index (χ0v) is 14.0. The Morgan fingerprint density at radius 3 is 2.75 bits per heavy atom. The number of anilines is 1. The van der Waals surface area contributed by atoms with Gasteiger partial charge in [0.25, 0.3) is 0 Å². The molecule has 1 aliphatic carbocycles. The summed E-state index contributed by atoms with van der Waals surface area (Å²) in [5.74, 6) is 0.991. The second-order valence-electron chi connectivity index (χ2n) is 6.78. The van der Waals surface area contributed by atoms with Gasteiger partial charge in [0, 0.05) is 16.6 Å². The highest BCUT2D eigenvalue weighted by Gasteiger charge is 2.38. The molecular formula is C22H18ClN. The molecule has 0 aromatic heterocycles. The van der Waals surface area contributed by atoms with E-state index in [4.69, 9.17) is 11.6 Å². The minimum atomic E-state index is 0.324. The Labute approximate surface area is 147 Å². The molecule has 0 saturated carbocycles. The van der Waals surface area contributed by atoms with Crippen LogP contribution in [0.25, 0.3) is 10.8 Å². The Bertz CT molecular complexity index is 954. The van der Waals surface area contributed by atoms with E-state index in [0.29, 0.717) is 17.9 Å². The molecule has 24 heavy (non-hydrogen) atoms. The van der Waals surface area contributed by atoms with Crippen molar-refractivity contribution < 1.29 is 0 Å². The van der Waals surface area contributed by atoms with Crippen LogP contribution in [-0.2, 0) is 0 Å². The van der Waals surface area contributed by atoms with E-state index < -0.39 is 0 Å². The normalized spacial score (nSPS) is 24.5. The summed E-state index contributed by atoms with van der Waals surface area (Å²) in [6, 6.07) is 21.9. The maximum absolute atomic E-state index is 6.25. The lowest BCUT2D eigenvalue weighted by Crippen LogP contribution is -2.29. The molecule has 118 valence electrons. The van der Waals surface area contributed by atoms with E-state index in [1.807, 2.05) is 6.07 Å². The molecule has 1 heterocycles.